The second-order valence-electron chi connectivity index (χ2n) is 6.97. The lowest BCUT2D eigenvalue weighted by Crippen LogP contribution is -2.11. The molecular weight excluding hydrogens is 280 g/mol. The van der Waals surface area contributed by atoms with Gasteiger partial charge in [0.05, 0.1) is 0 Å². The lowest BCUT2D eigenvalue weighted by molar-refractivity contribution is -0.122. The molecular formula is C22H36O. The van der Waals surface area contributed by atoms with E-state index in [1.54, 1.807) is 0 Å². The van der Waals surface area contributed by atoms with Crippen molar-refractivity contribution < 1.29 is 4.79 Å². The Morgan fingerprint density at radius 3 is 2.04 bits per heavy atom. The van der Waals surface area contributed by atoms with E-state index in [1.807, 2.05) is 6.07 Å². The van der Waals surface area contributed by atoms with Gasteiger partial charge in [0.15, 0.2) is 0 Å². The molecule has 1 aromatic rings. The maximum atomic E-state index is 12.2. The fourth-order valence-electron chi connectivity index (χ4n) is 3.05. The lowest BCUT2D eigenvalue weighted by Gasteiger charge is -2.10. The number of aryl methyl sites for hydroxylation is 1. The predicted molar refractivity (Wildman–Crippen MR) is 101 cm³/mol. The van der Waals surface area contributed by atoms with Crippen LogP contribution in [0, 0.1) is 5.92 Å². The maximum absolute atomic E-state index is 12.2. The van der Waals surface area contributed by atoms with E-state index in [2.05, 4.69) is 38.1 Å². The number of hydrogen-bond acceptors (Lipinski definition) is 1. The Balaban J connectivity index is 1.98. The Hall–Kier alpha value is -1.11. The summed E-state index contributed by atoms with van der Waals surface area (Å²) in [7, 11) is 0. The van der Waals surface area contributed by atoms with Gasteiger partial charge in [-0.05, 0) is 24.8 Å². The molecule has 0 radical (unpaired) electrons. The van der Waals surface area contributed by atoms with Crippen molar-refractivity contribution in [2.45, 2.75) is 90.9 Å². The van der Waals surface area contributed by atoms with Crippen LogP contribution in [0.3, 0.4) is 0 Å². The van der Waals surface area contributed by atoms with Crippen molar-refractivity contribution in [3.63, 3.8) is 0 Å². The third-order valence-electron chi connectivity index (χ3n) is 4.79. The van der Waals surface area contributed by atoms with Crippen LogP contribution in [0.15, 0.2) is 30.3 Å². The number of unbranched alkanes of at least 4 members (excludes halogenated alkanes) is 8. The molecule has 1 heteroatoms. The summed E-state index contributed by atoms with van der Waals surface area (Å²) in [6.45, 7) is 4.36. The summed E-state index contributed by atoms with van der Waals surface area (Å²) < 4.78 is 0. The van der Waals surface area contributed by atoms with Crippen molar-refractivity contribution in [2.24, 2.45) is 5.92 Å². The number of Topliss-reactive ketones (excluding diaryl/α,β-unsaturated/α-hetero) is 1. The highest BCUT2D eigenvalue weighted by Gasteiger charge is 2.12. The van der Waals surface area contributed by atoms with E-state index in [9.17, 15) is 4.79 Å². The van der Waals surface area contributed by atoms with Gasteiger partial charge in [0, 0.05) is 12.3 Å². The molecule has 0 aliphatic rings. The molecule has 0 saturated heterocycles. The second-order valence-corrected chi connectivity index (χ2v) is 6.97. The van der Waals surface area contributed by atoms with Crippen LogP contribution in [0.5, 0.6) is 0 Å². The van der Waals surface area contributed by atoms with Gasteiger partial charge in [0.2, 0.25) is 0 Å². The summed E-state index contributed by atoms with van der Waals surface area (Å²) in [5.74, 6) is 0.674. The fourth-order valence-corrected chi connectivity index (χ4v) is 3.05. The minimum absolute atomic E-state index is 0.212. The zero-order valence-corrected chi connectivity index (χ0v) is 15.4. The van der Waals surface area contributed by atoms with E-state index in [-0.39, 0.29) is 5.92 Å². The quantitative estimate of drug-likeness (QED) is 0.347. The molecule has 0 aromatic heterocycles. The summed E-state index contributed by atoms with van der Waals surface area (Å²) in [6, 6.07) is 10.5. The zero-order valence-electron chi connectivity index (χ0n) is 15.4. The van der Waals surface area contributed by atoms with Gasteiger partial charge in [-0.15, -0.1) is 0 Å². The highest BCUT2D eigenvalue weighted by atomic mass is 16.1. The normalized spacial score (nSPS) is 12.3. The standard InChI is InChI=1S/C22H36O/c1-3-4-5-6-7-8-9-10-14-17-22(23)20(2)18-19-21-15-12-11-13-16-21/h11-13,15-16,20H,3-10,14,17-19H2,1-2H3/t20-/m0/s1. The maximum Gasteiger partial charge on any atom is 0.135 e. The van der Waals surface area contributed by atoms with Gasteiger partial charge >= 0.3 is 0 Å². The van der Waals surface area contributed by atoms with E-state index in [0.717, 1.165) is 25.7 Å². The average molecular weight is 317 g/mol. The van der Waals surface area contributed by atoms with Crippen molar-refractivity contribution in [3.05, 3.63) is 35.9 Å². The molecule has 0 saturated carbocycles. The van der Waals surface area contributed by atoms with Crippen LogP contribution in [0.25, 0.3) is 0 Å². The molecule has 0 aliphatic heterocycles. The zero-order chi connectivity index (χ0) is 16.8. The number of carbonyl (C=O) groups excluding carboxylic acids is 1. The molecule has 0 unspecified atom stereocenters. The second kappa shape index (κ2) is 13.3. The molecule has 0 aliphatic carbocycles. The van der Waals surface area contributed by atoms with Crippen LogP contribution in [0.1, 0.15) is 90.0 Å². The Bertz CT molecular complexity index is 396. The molecule has 0 fully saturated rings. The molecule has 0 spiro atoms. The first kappa shape index (κ1) is 19.9. The molecule has 130 valence electrons. The molecule has 0 N–H and O–H groups in total. The van der Waals surface area contributed by atoms with Gasteiger partial charge in [-0.25, -0.2) is 0 Å². The molecule has 1 aromatic carbocycles. The van der Waals surface area contributed by atoms with Gasteiger partial charge in [-0.1, -0.05) is 95.5 Å². The first-order valence-electron chi connectivity index (χ1n) is 9.80. The Morgan fingerprint density at radius 1 is 0.870 bits per heavy atom. The Labute approximate surface area is 143 Å². The molecule has 1 nitrogen and oxygen atoms in total. The van der Waals surface area contributed by atoms with Gasteiger partial charge in [0.25, 0.3) is 0 Å². The summed E-state index contributed by atoms with van der Waals surface area (Å²) in [4.78, 5) is 12.2. The largest absolute Gasteiger partial charge is 0.299 e. The first-order valence-corrected chi connectivity index (χ1v) is 9.80. The molecule has 1 rings (SSSR count). The number of ketones is 1. The Kier molecular flexibility index (Phi) is 11.6. The van der Waals surface area contributed by atoms with E-state index >= 15 is 0 Å². The Morgan fingerprint density at radius 2 is 1.43 bits per heavy atom. The van der Waals surface area contributed by atoms with Gasteiger partial charge in [0.1, 0.15) is 5.78 Å². The monoisotopic (exact) mass is 316 g/mol. The number of carbonyl (C=O) groups is 1. The minimum Gasteiger partial charge on any atom is -0.299 e. The SMILES string of the molecule is CCCCCCCCCCCC(=O)[C@@H](C)CCc1ccccc1. The summed E-state index contributed by atoms with van der Waals surface area (Å²) in [6.07, 6.45) is 14.6. The van der Waals surface area contributed by atoms with Crippen LogP contribution in [-0.4, -0.2) is 5.78 Å². The first-order chi connectivity index (χ1) is 11.2. The van der Waals surface area contributed by atoms with E-state index in [0.29, 0.717) is 5.78 Å². The topological polar surface area (TPSA) is 17.1 Å². The van der Waals surface area contributed by atoms with Gasteiger partial charge in [-0.3, -0.25) is 4.79 Å². The molecule has 0 heterocycles. The van der Waals surface area contributed by atoms with Crippen LogP contribution in [0.4, 0.5) is 0 Å². The predicted octanol–water partition coefficient (Wildman–Crippen LogP) is 6.75. The van der Waals surface area contributed by atoms with E-state index < -0.39 is 0 Å². The van der Waals surface area contributed by atoms with Crippen molar-refractivity contribution in [3.8, 4) is 0 Å². The molecule has 0 bridgehead atoms. The highest BCUT2D eigenvalue weighted by molar-refractivity contribution is 5.80. The van der Waals surface area contributed by atoms with Gasteiger partial charge in [-0.2, -0.15) is 0 Å². The van der Waals surface area contributed by atoms with Crippen LogP contribution in [-0.2, 0) is 11.2 Å². The van der Waals surface area contributed by atoms with E-state index in [4.69, 9.17) is 0 Å². The average Bonchev–Trinajstić information content (AvgIpc) is 2.59. The number of hydrogen-bond donors (Lipinski definition) is 0. The van der Waals surface area contributed by atoms with Crippen molar-refractivity contribution in [1.29, 1.82) is 0 Å². The number of rotatable bonds is 14. The van der Waals surface area contributed by atoms with Crippen LogP contribution in [0.2, 0.25) is 0 Å². The smallest absolute Gasteiger partial charge is 0.135 e. The number of benzene rings is 1. The lowest BCUT2D eigenvalue weighted by atomic mass is 9.94. The highest BCUT2D eigenvalue weighted by Crippen LogP contribution is 2.15. The van der Waals surface area contributed by atoms with Crippen molar-refractivity contribution in [1.82, 2.24) is 0 Å². The summed E-state index contributed by atoms with van der Waals surface area (Å²) in [5, 5.41) is 0. The summed E-state index contributed by atoms with van der Waals surface area (Å²) >= 11 is 0. The minimum atomic E-state index is 0.212. The molecule has 23 heavy (non-hydrogen) atoms. The van der Waals surface area contributed by atoms with Gasteiger partial charge < -0.3 is 0 Å². The van der Waals surface area contributed by atoms with E-state index in [1.165, 1.54) is 56.9 Å². The molecule has 0 amide bonds. The summed E-state index contributed by atoms with van der Waals surface area (Å²) in [5.41, 5.74) is 1.34. The fraction of sp³-hybridized carbons (Fsp3) is 0.682. The molecule has 1 atom stereocenters. The van der Waals surface area contributed by atoms with Crippen molar-refractivity contribution >= 4 is 5.78 Å². The van der Waals surface area contributed by atoms with Crippen LogP contribution < -0.4 is 0 Å². The van der Waals surface area contributed by atoms with Crippen molar-refractivity contribution in [2.75, 3.05) is 0 Å². The van der Waals surface area contributed by atoms with Crippen LogP contribution >= 0.6 is 0 Å². The third kappa shape index (κ3) is 10.3. The third-order valence-corrected chi connectivity index (χ3v) is 4.79.